The molecule has 0 aliphatic carbocycles. The van der Waals surface area contributed by atoms with E-state index in [2.05, 4.69) is 14.7 Å². The Morgan fingerprint density at radius 2 is 1.88 bits per heavy atom. The monoisotopic (exact) mass is 250 g/mol. The molecular weight excluding hydrogens is 237 g/mol. The summed E-state index contributed by atoms with van der Waals surface area (Å²) in [5.41, 5.74) is -0.102. The third-order valence-corrected chi connectivity index (χ3v) is 1.83. The Morgan fingerprint density at radius 1 is 1.29 bits per heavy atom. The third-order valence-electron chi connectivity index (χ3n) is 1.83. The van der Waals surface area contributed by atoms with Crippen LogP contribution in [0.25, 0.3) is 0 Å². The summed E-state index contributed by atoms with van der Waals surface area (Å²) < 4.78 is 40.5. The molecule has 0 amide bonds. The number of rotatable bonds is 3. The van der Waals surface area contributed by atoms with Gasteiger partial charge in [0, 0.05) is 6.42 Å². The lowest BCUT2D eigenvalue weighted by molar-refractivity contribution is -0.170. The first kappa shape index (κ1) is 13.7. The Kier molecular flexibility index (Phi) is 3.59. The van der Waals surface area contributed by atoms with Gasteiger partial charge in [-0.15, -0.1) is 0 Å². The van der Waals surface area contributed by atoms with Crippen molar-refractivity contribution in [3.05, 3.63) is 11.7 Å². The van der Waals surface area contributed by atoms with Crippen LogP contribution in [0.4, 0.5) is 13.2 Å². The first-order valence-electron chi connectivity index (χ1n) is 4.99. The van der Waals surface area contributed by atoms with E-state index in [0.717, 1.165) is 0 Å². The number of carbonyl (C=O) groups is 1. The highest BCUT2D eigenvalue weighted by molar-refractivity contribution is 5.85. The highest BCUT2D eigenvalue weighted by Crippen LogP contribution is 2.20. The summed E-state index contributed by atoms with van der Waals surface area (Å²) in [5, 5.41) is 3.53. The molecule has 0 fully saturated rings. The second kappa shape index (κ2) is 4.46. The molecule has 0 N–H and O–H groups in total. The van der Waals surface area contributed by atoms with E-state index >= 15 is 0 Å². The molecule has 0 saturated heterocycles. The van der Waals surface area contributed by atoms with Gasteiger partial charge in [-0.25, -0.2) is 0 Å². The Labute approximate surface area is 96.2 Å². The summed E-state index contributed by atoms with van der Waals surface area (Å²) in [6, 6.07) is 0. The SMILES string of the molecule is CC(C)(C)Cc1noc(CC(=O)C(F)(F)F)n1. The fraction of sp³-hybridized carbons (Fsp3) is 0.700. The van der Waals surface area contributed by atoms with Gasteiger partial charge in [0.25, 0.3) is 0 Å². The van der Waals surface area contributed by atoms with E-state index in [1.807, 2.05) is 20.8 Å². The lowest BCUT2D eigenvalue weighted by Crippen LogP contribution is -2.24. The van der Waals surface area contributed by atoms with Crippen LogP contribution in [0.5, 0.6) is 0 Å². The van der Waals surface area contributed by atoms with Crippen molar-refractivity contribution in [2.45, 2.75) is 39.8 Å². The van der Waals surface area contributed by atoms with Gasteiger partial charge in [0.05, 0.1) is 6.42 Å². The fourth-order valence-corrected chi connectivity index (χ4v) is 1.15. The molecule has 0 spiro atoms. The number of Topliss-reactive ketones (excluding diaryl/α,β-unsaturated/α-hetero) is 1. The van der Waals surface area contributed by atoms with Crippen molar-refractivity contribution in [2.75, 3.05) is 0 Å². The maximum absolute atomic E-state index is 12.0. The van der Waals surface area contributed by atoms with Crippen molar-refractivity contribution in [3.63, 3.8) is 0 Å². The smallest absolute Gasteiger partial charge is 0.339 e. The average molecular weight is 250 g/mol. The molecule has 1 aromatic heterocycles. The van der Waals surface area contributed by atoms with E-state index in [1.54, 1.807) is 0 Å². The molecule has 0 atom stereocenters. The Morgan fingerprint density at radius 3 is 2.35 bits per heavy atom. The van der Waals surface area contributed by atoms with E-state index < -0.39 is 18.4 Å². The Hall–Kier alpha value is -1.40. The van der Waals surface area contributed by atoms with Crippen LogP contribution < -0.4 is 0 Å². The first-order chi connectivity index (χ1) is 7.58. The van der Waals surface area contributed by atoms with Crippen molar-refractivity contribution in [3.8, 4) is 0 Å². The Balaban J connectivity index is 2.67. The van der Waals surface area contributed by atoms with Crippen LogP contribution in [0.3, 0.4) is 0 Å². The van der Waals surface area contributed by atoms with Crippen LogP contribution >= 0.6 is 0 Å². The van der Waals surface area contributed by atoms with Crippen LogP contribution in [-0.4, -0.2) is 22.1 Å². The molecule has 17 heavy (non-hydrogen) atoms. The van der Waals surface area contributed by atoms with Gasteiger partial charge >= 0.3 is 6.18 Å². The third kappa shape index (κ3) is 4.54. The van der Waals surface area contributed by atoms with Gasteiger partial charge in [0.1, 0.15) is 0 Å². The summed E-state index contributed by atoms with van der Waals surface area (Å²) in [6.45, 7) is 5.80. The molecule has 4 nitrogen and oxygen atoms in total. The lowest BCUT2D eigenvalue weighted by atomic mass is 9.92. The number of hydrogen-bond acceptors (Lipinski definition) is 4. The van der Waals surface area contributed by atoms with Gasteiger partial charge in [0.2, 0.25) is 11.7 Å². The van der Waals surface area contributed by atoms with Crippen molar-refractivity contribution >= 4 is 5.78 Å². The molecule has 1 heterocycles. The molecule has 0 aliphatic rings. The van der Waals surface area contributed by atoms with Gasteiger partial charge < -0.3 is 4.52 Å². The van der Waals surface area contributed by atoms with E-state index in [9.17, 15) is 18.0 Å². The van der Waals surface area contributed by atoms with Crippen molar-refractivity contribution < 1.29 is 22.5 Å². The quantitative estimate of drug-likeness (QED) is 0.826. The summed E-state index contributed by atoms with van der Waals surface area (Å²) in [6.07, 6.45) is -5.30. The number of halogens is 3. The minimum atomic E-state index is -4.86. The summed E-state index contributed by atoms with van der Waals surface area (Å²) in [5.74, 6) is -1.88. The van der Waals surface area contributed by atoms with Gasteiger partial charge in [-0.05, 0) is 5.41 Å². The van der Waals surface area contributed by atoms with Gasteiger partial charge in [-0.2, -0.15) is 18.2 Å². The predicted molar refractivity (Wildman–Crippen MR) is 52.2 cm³/mol. The minimum Gasteiger partial charge on any atom is -0.339 e. The molecule has 0 saturated carbocycles. The maximum atomic E-state index is 12.0. The summed E-state index contributed by atoms with van der Waals surface area (Å²) in [7, 11) is 0. The average Bonchev–Trinajstić information content (AvgIpc) is 2.47. The van der Waals surface area contributed by atoms with Gasteiger partial charge in [-0.1, -0.05) is 25.9 Å². The van der Waals surface area contributed by atoms with E-state index in [-0.39, 0.29) is 11.3 Å². The standard InChI is InChI=1S/C10H13F3N2O2/c1-9(2,3)5-7-14-8(17-15-7)4-6(16)10(11,12)13/h4-5H2,1-3H3. The summed E-state index contributed by atoms with van der Waals surface area (Å²) >= 11 is 0. The minimum absolute atomic E-state index is 0.102. The zero-order chi connectivity index (χ0) is 13.3. The number of hydrogen-bond donors (Lipinski definition) is 0. The van der Waals surface area contributed by atoms with Gasteiger partial charge in [0.15, 0.2) is 5.82 Å². The Bertz CT molecular complexity index is 404. The number of carbonyl (C=O) groups excluding carboxylic acids is 1. The van der Waals surface area contributed by atoms with Gasteiger partial charge in [-0.3, -0.25) is 4.79 Å². The number of alkyl halides is 3. The summed E-state index contributed by atoms with van der Waals surface area (Å²) in [4.78, 5) is 14.4. The molecular formula is C10H13F3N2O2. The van der Waals surface area contributed by atoms with Crippen LogP contribution in [0.2, 0.25) is 0 Å². The highest BCUT2D eigenvalue weighted by Gasteiger charge is 2.39. The second-order valence-corrected chi connectivity index (χ2v) is 4.94. The molecule has 0 bridgehead atoms. The van der Waals surface area contributed by atoms with E-state index in [4.69, 9.17) is 0 Å². The van der Waals surface area contributed by atoms with Crippen LogP contribution in [-0.2, 0) is 17.6 Å². The number of ketones is 1. The second-order valence-electron chi connectivity index (χ2n) is 4.94. The molecule has 7 heteroatoms. The zero-order valence-electron chi connectivity index (χ0n) is 9.76. The topological polar surface area (TPSA) is 56.0 Å². The van der Waals surface area contributed by atoms with E-state index in [1.165, 1.54) is 0 Å². The molecule has 0 radical (unpaired) electrons. The molecule has 1 aromatic rings. The zero-order valence-corrected chi connectivity index (χ0v) is 9.76. The molecule has 0 aromatic carbocycles. The maximum Gasteiger partial charge on any atom is 0.450 e. The lowest BCUT2D eigenvalue weighted by Gasteiger charge is -2.14. The number of aromatic nitrogens is 2. The normalized spacial score (nSPS) is 12.8. The van der Waals surface area contributed by atoms with Crippen LogP contribution in [0, 0.1) is 5.41 Å². The van der Waals surface area contributed by atoms with Crippen LogP contribution in [0.15, 0.2) is 4.52 Å². The van der Waals surface area contributed by atoms with E-state index in [0.29, 0.717) is 12.2 Å². The molecule has 1 rings (SSSR count). The number of nitrogens with zero attached hydrogens (tertiary/aromatic N) is 2. The van der Waals surface area contributed by atoms with Crippen molar-refractivity contribution in [1.82, 2.24) is 10.1 Å². The van der Waals surface area contributed by atoms with Crippen molar-refractivity contribution in [2.24, 2.45) is 5.41 Å². The van der Waals surface area contributed by atoms with Crippen LogP contribution in [0.1, 0.15) is 32.5 Å². The molecule has 0 aliphatic heterocycles. The first-order valence-corrected chi connectivity index (χ1v) is 4.99. The van der Waals surface area contributed by atoms with Crippen molar-refractivity contribution in [1.29, 1.82) is 0 Å². The largest absolute Gasteiger partial charge is 0.450 e. The fourth-order valence-electron chi connectivity index (χ4n) is 1.15. The highest BCUT2D eigenvalue weighted by atomic mass is 19.4. The molecule has 96 valence electrons. The predicted octanol–water partition coefficient (Wildman–Crippen LogP) is 2.33. The molecule has 0 unspecified atom stereocenters.